The van der Waals surface area contributed by atoms with Crippen LogP contribution in [0.2, 0.25) is 0 Å². The minimum atomic E-state index is -0.947. The van der Waals surface area contributed by atoms with Crippen LogP contribution in [0.3, 0.4) is 0 Å². The van der Waals surface area contributed by atoms with Crippen molar-refractivity contribution >= 4 is 40.4 Å². The van der Waals surface area contributed by atoms with E-state index in [-0.39, 0.29) is 43.6 Å². The smallest absolute Gasteiger partial charge is 0.245 e. The van der Waals surface area contributed by atoms with Gasteiger partial charge in [-0.3, -0.25) is 24.2 Å². The molecule has 4 atom stereocenters. The van der Waals surface area contributed by atoms with Gasteiger partial charge in [0.15, 0.2) is 5.96 Å². The first-order valence-corrected chi connectivity index (χ1v) is 15.1. The van der Waals surface area contributed by atoms with Crippen LogP contribution in [0.25, 0.3) is 10.8 Å². The van der Waals surface area contributed by atoms with E-state index in [0.29, 0.717) is 25.8 Å². The molecule has 3 aromatic carbocycles. The molecule has 0 radical (unpaired) electrons. The molecule has 2 aliphatic heterocycles. The third-order valence-corrected chi connectivity index (χ3v) is 8.24. The highest BCUT2D eigenvalue weighted by Gasteiger charge is 2.39. The standard InChI is InChI=1S/C33H39N7O4/c34-33(35)36-17-7-15-25-32(44)40-18-8-16-28(40)31(43)39-26(24-14-6-12-22-11-4-5-13-23(22)24)20-29(41)37-27(30(42)38-25)19-21-9-2-1-3-10-21/h1-6,9-14,25-28H,7-8,15-20H2,(H,37,41)(H,38,42)(H,39,43)(H4,34,35,36)/t25-,26-,27-,28-/m0/s1. The topological polar surface area (TPSA) is 172 Å². The van der Waals surface area contributed by atoms with E-state index < -0.39 is 36.0 Å². The molecule has 4 amide bonds. The molecule has 0 aromatic heterocycles. The van der Waals surface area contributed by atoms with Crippen molar-refractivity contribution in [1.29, 1.82) is 0 Å². The van der Waals surface area contributed by atoms with Gasteiger partial charge in [-0.15, -0.1) is 0 Å². The third kappa shape index (κ3) is 7.34. The summed E-state index contributed by atoms with van der Waals surface area (Å²) < 4.78 is 0. The quantitative estimate of drug-likeness (QED) is 0.157. The normalized spacial score (nSPS) is 23.0. The second-order valence-corrected chi connectivity index (χ2v) is 11.3. The van der Waals surface area contributed by atoms with Crippen LogP contribution in [0, 0.1) is 0 Å². The summed E-state index contributed by atoms with van der Waals surface area (Å²) in [6.07, 6.45) is 1.97. The van der Waals surface area contributed by atoms with E-state index in [1.165, 1.54) is 0 Å². The van der Waals surface area contributed by atoms with E-state index in [1.54, 1.807) is 4.90 Å². The zero-order chi connectivity index (χ0) is 31.1. The van der Waals surface area contributed by atoms with Crippen molar-refractivity contribution in [2.24, 2.45) is 16.5 Å². The van der Waals surface area contributed by atoms with E-state index in [4.69, 9.17) is 11.5 Å². The number of carbonyl (C=O) groups excluding carboxylic acids is 4. The summed E-state index contributed by atoms with van der Waals surface area (Å²) in [5, 5.41) is 10.8. The van der Waals surface area contributed by atoms with Crippen molar-refractivity contribution in [3.05, 3.63) is 83.9 Å². The molecular formula is C33H39N7O4. The highest BCUT2D eigenvalue weighted by atomic mass is 16.2. The number of hydrogen-bond acceptors (Lipinski definition) is 5. The Balaban J connectivity index is 1.50. The van der Waals surface area contributed by atoms with E-state index in [2.05, 4.69) is 20.9 Å². The maximum Gasteiger partial charge on any atom is 0.245 e. The van der Waals surface area contributed by atoms with E-state index >= 15 is 0 Å². The first-order valence-electron chi connectivity index (χ1n) is 15.1. The molecule has 0 spiro atoms. The Morgan fingerprint density at radius 1 is 0.841 bits per heavy atom. The Kier molecular flexibility index (Phi) is 9.73. The highest BCUT2D eigenvalue weighted by Crippen LogP contribution is 2.28. The number of benzene rings is 3. The average molecular weight is 598 g/mol. The number of nitrogens with two attached hydrogens (primary N) is 2. The number of hydrogen-bond donors (Lipinski definition) is 5. The van der Waals surface area contributed by atoms with E-state index in [1.807, 2.05) is 72.8 Å². The van der Waals surface area contributed by atoms with E-state index in [0.717, 1.165) is 21.9 Å². The summed E-state index contributed by atoms with van der Waals surface area (Å²) >= 11 is 0. The van der Waals surface area contributed by atoms with Gasteiger partial charge in [0, 0.05) is 19.5 Å². The Morgan fingerprint density at radius 2 is 1.59 bits per heavy atom. The molecule has 0 aliphatic carbocycles. The van der Waals surface area contributed by atoms with Crippen molar-refractivity contribution in [3.63, 3.8) is 0 Å². The fourth-order valence-electron chi connectivity index (χ4n) is 6.10. The minimum Gasteiger partial charge on any atom is -0.370 e. The first-order chi connectivity index (χ1) is 21.3. The molecule has 0 unspecified atom stereocenters. The number of carbonyl (C=O) groups is 4. The van der Waals surface area contributed by atoms with Crippen molar-refractivity contribution in [2.75, 3.05) is 13.1 Å². The number of amides is 4. The largest absolute Gasteiger partial charge is 0.370 e. The van der Waals surface area contributed by atoms with Gasteiger partial charge in [0.25, 0.3) is 0 Å². The summed E-state index contributed by atoms with van der Waals surface area (Å²) in [4.78, 5) is 60.8. The number of nitrogens with one attached hydrogen (secondary N) is 3. The van der Waals surface area contributed by atoms with Gasteiger partial charge in [-0.25, -0.2) is 0 Å². The predicted molar refractivity (Wildman–Crippen MR) is 168 cm³/mol. The minimum absolute atomic E-state index is 0.0574. The lowest BCUT2D eigenvalue weighted by atomic mass is 9.95. The second-order valence-electron chi connectivity index (χ2n) is 11.3. The molecule has 11 nitrogen and oxygen atoms in total. The molecular weight excluding hydrogens is 558 g/mol. The summed E-state index contributed by atoms with van der Waals surface area (Å²) in [5.41, 5.74) is 12.6. The Labute approximate surface area is 256 Å². The molecule has 7 N–H and O–H groups in total. The lowest BCUT2D eigenvalue weighted by Gasteiger charge is -2.30. The van der Waals surface area contributed by atoms with Crippen LogP contribution in [0.4, 0.5) is 0 Å². The molecule has 2 fully saturated rings. The van der Waals surface area contributed by atoms with Gasteiger partial charge < -0.3 is 32.3 Å². The lowest BCUT2D eigenvalue weighted by Crippen LogP contribution is -2.56. The number of fused-ring (bicyclic) bond motifs is 2. The fourth-order valence-corrected chi connectivity index (χ4v) is 6.10. The van der Waals surface area contributed by atoms with Gasteiger partial charge in [0.1, 0.15) is 18.1 Å². The zero-order valence-corrected chi connectivity index (χ0v) is 24.6. The highest BCUT2D eigenvalue weighted by molar-refractivity contribution is 5.96. The van der Waals surface area contributed by atoms with Crippen molar-refractivity contribution in [1.82, 2.24) is 20.9 Å². The maximum atomic E-state index is 14.0. The van der Waals surface area contributed by atoms with E-state index in [9.17, 15) is 19.2 Å². The molecule has 5 rings (SSSR count). The number of guanidine groups is 1. The summed E-state index contributed by atoms with van der Waals surface area (Å²) in [6, 6.07) is 19.7. The molecule has 3 aromatic rings. The lowest BCUT2D eigenvalue weighted by molar-refractivity contribution is -0.142. The zero-order valence-electron chi connectivity index (χ0n) is 24.6. The van der Waals surface area contributed by atoms with Crippen LogP contribution in [-0.2, 0) is 25.6 Å². The van der Waals surface area contributed by atoms with Crippen molar-refractivity contribution < 1.29 is 19.2 Å². The summed E-state index contributed by atoms with van der Waals surface area (Å²) in [5.74, 6) is -1.59. The van der Waals surface area contributed by atoms with Gasteiger partial charge in [-0.05, 0) is 47.6 Å². The van der Waals surface area contributed by atoms with Gasteiger partial charge in [0.2, 0.25) is 23.6 Å². The van der Waals surface area contributed by atoms with Gasteiger partial charge in [0.05, 0.1) is 12.5 Å². The van der Waals surface area contributed by atoms with Crippen LogP contribution in [0.5, 0.6) is 0 Å². The van der Waals surface area contributed by atoms with Gasteiger partial charge in [-0.2, -0.15) is 0 Å². The number of aliphatic imine (C=N–C) groups is 1. The second kappa shape index (κ2) is 14.0. The molecule has 2 saturated heterocycles. The predicted octanol–water partition coefficient (Wildman–Crippen LogP) is 1.66. The first kappa shape index (κ1) is 30.5. The molecule has 0 bridgehead atoms. The van der Waals surface area contributed by atoms with Crippen molar-refractivity contribution in [3.8, 4) is 0 Å². The van der Waals surface area contributed by atoms with Gasteiger partial charge in [-0.1, -0.05) is 72.8 Å². The molecule has 2 aliphatic rings. The fraction of sp³-hybridized carbons (Fsp3) is 0.364. The van der Waals surface area contributed by atoms with Crippen LogP contribution in [-0.4, -0.2) is 65.7 Å². The third-order valence-electron chi connectivity index (χ3n) is 8.24. The van der Waals surface area contributed by atoms with Gasteiger partial charge >= 0.3 is 0 Å². The monoisotopic (exact) mass is 597 g/mol. The van der Waals surface area contributed by atoms with Crippen LogP contribution in [0.1, 0.15) is 49.3 Å². The molecule has 230 valence electrons. The Bertz CT molecular complexity index is 1530. The summed E-state index contributed by atoms with van der Waals surface area (Å²) in [6.45, 7) is 0.670. The Hall–Kier alpha value is -4.93. The average Bonchev–Trinajstić information content (AvgIpc) is 3.51. The van der Waals surface area contributed by atoms with Crippen molar-refractivity contribution in [2.45, 2.75) is 62.7 Å². The Morgan fingerprint density at radius 3 is 2.39 bits per heavy atom. The summed E-state index contributed by atoms with van der Waals surface area (Å²) in [7, 11) is 0. The molecule has 2 heterocycles. The number of nitrogens with zero attached hydrogens (tertiary/aromatic N) is 2. The maximum absolute atomic E-state index is 14.0. The van der Waals surface area contributed by atoms with Crippen LogP contribution in [0.15, 0.2) is 77.8 Å². The molecule has 11 heteroatoms. The SMILES string of the molecule is NC(N)=NCCC[C@@H]1NC(=O)[C@H](Cc2ccccc2)NC(=O)C[C@@H](c2cccc3ccccc23)NC(=O)[C@@H]2CCCN2C1=O. The number of rotatable bonds is 7. The van der Waals surface area contributed by atoms with Crippen LogP contribution < -0.4 is 27.4 Å². The molecule has 44 heavy (non-hydrogen) atoms. The van der Waals surface area contributed by atoms with Crippen LogP contribution >= 0.6 is 0 Å². The molecule has 0 saturated carbocycles.